The maximum atomic E-state index is 12.2. The number of nitrogens with one attached hydrogen (secondary N) is 1. The van der Waals surface area contributed by atoms with Gasteiger partial charge < -0.3 is 14.1 Å². The molecular weight excluding hydrogens is 356 g/mol. The third kappa shape index (κ3) is 3.46. The van der Waals surface area contributed by atoms with E-state index in [9.17, 15) is 4.79 Å². The first-order valence-electron chi connectivity index (χ1n) is 8.88. The van der Waals surface area contributed by atoms with Crippen LogP contribution in [0.2, 0.25) is 0 Å². The van der Waals surface area contributed by atoms with E-state index in [1.807, 2.05) is 44.2 Å². The van der Waals surface area contributed by atoms with Crippen molar-refractivity contribution in [3.8, 4) is 28.9 Å². The summed E-state index contributed by atoms with van der Waals surface area (Å²) in [6.07, 6.45) is 1.53. The minimum Gasteiger partial charge on any atom is -0.491 e. The summed E-state index contributed by atoms with van der Waals surface area (Å²) >= 11 is 0. The lowest BCUT2D eigenvalue weighted by atomic mass is 10.1. The molecular formula is C21H20N4O3. The molecule has 0 saturated carbocycles. The highest BCUT2D eigenvalue weighted by Crippen LogP contribution is 2.23. The Labute approximate surface area is 161 Å². The minimum atomic E-state index is -0.225. The summed E-state index contributed by atoms with van der Waals surface area (Å²) in [4.78, 5) is 19.9. The van der Waals surface area contributed by atoms with Gasteiger partial charge in [0.25, 0.3) is 0 Å². The monoisotopic (exact) mass is 376 g/mol. The van der Waals surface area contributed by atoms with Crippen LogP contribution in [0.4, 0.5) is 0 Å². The quantitative estimate of drug-likeness (QED) is 0.575. The fourth-order valence-corrected chi connectivity index (χ4v) is 3.04. The van der Waals surface area contributed by atoms with Crippen LogP contribution in [0.15, 0.2) is 57.9 Å². The number of H-pyrrole nitrogens is 1. The Kier molecular flexibility index (Phi) is 4.57. The van der Waals surface area contributed by atoms with Crippen molar-refractivity contribution in [2.45, 2.75) is 20.4 Å². The predicted octanol–water partition coefficient (Wildman–Crippen LogP) is 3.57. The van der Waals surface area contributed by atoms with Gasteiger partial charge in [-0.3, -0.25) is 4.79 Å². The van der Waals surface area contributed by atoms with Crippen molar-refractivity contribution < 1.29 is 9.15 Å². The van der Waals surface area contributed by atoms with Gasteiger partial charge in [0.05, 0.1) is 19.3 Å². The molecule has 0 bridgehead atoms. The lowest BCUT2D eigenvalue weighted by Gasteiger charge is -2.07. The third-order valence-corrected chi connectivity index (χ3v) is 4.39. The highest BCUT2D eigenvalue weighted by molar-refractivity contribution is 5.56. The number of hydrogen-bond donors (Lipinski definition) is 1. The number of hydrogen-bond acceptors (Lipinski definition) is 5. The lowest BCUT2D eigenvalue weighted by molar-refractivity contribution is 0.409. The topological polar surface area (TPSA) is 85.9 Å². The summed E-state index contributed by atoms with van der Waals surface area (Å²) in [7, 11) is 1.46. The van der Waals surface area contributed by atoms with Crippen molar-refractivity contribution in [2.24, 2.45) is 0 Å². The van der Waals surface area contributed by atoms with Crippen molar-refractivity contribution in [3.63, 3.8) is 0 Å². The molecule has 4 aromatic rings. The molecule has 0 aliphatic heterocycles. The van der Waals surface area contributed by atoms with Crippen LogP contribution in [0.5, 0.6) is 5.75 Å². The van der Waals surface area contributed by atoms with Crippen molar-refractivity contribution >= 4 is 0 Å². The Morgan fingerprint density at radius 3 is 2.71 bits per heavy atom. The normalized spacial score (nSPS) is 11.0. The fourth-order valence-electron chi connectivity index (χ4n) is 3.04. The van der Waals surface area contributed by atoms with Crippen LogP contribution < -0.4 is 10.2 Å². The number of aryl methyl sites for hydroxylation is 2. The number of rotatable bonds is 5. The Bertz CT molecular complexity index is 1190. The van der Waals surface area contributed by atoms with Crippen LogP contribution in [-0.2, 0) is 6.54 Å². The molecule has 3 aromatic heterocycles. The molecule has 0 atom stereocenters. The number of furan rings is 1. The van der Waals surface area contributed by atoms with Gasteiger partial charge in [0.1, 0.15) is 5.76 Å². The van der Waals surface area contributed by atoms with E-state index in [-0.39, 0.29) is 11.2 Å². The molecule has 7 heteroatoms. The summed E-state index contributed by atoms with van der Waals surface area (Å²) in [5.74, 6) is 2.62. The number of ether oxygens (including phenoxy) is 1. The molecule has 0 saturated heterocycles. The largest absolute Gasteiger partial charge is 0.491 e. The summed E-state index contributed by atoms with van der Waals surface area (Å²) in [6.45, 7) is 4.43. The van der Waals surface area contributed by atoms with Crippen LogP contribution in [0.1, 0.15) is 16.9 Å². The molecule has 4 rings (SSSR count). The van der Waals surface area contributed by atoms with E-state index in [1.165, 1.54) is 24.9 Å². The molecule has 7 nitrogen and oxygen atoms in total. The molecule has 0 spiro atoms. The van der Waals surface area contributed by atoms with Gasteiger partial charge in [0.2, 0.25) is 11.3 Å². The van der Waals surface area contributed by atoms with Gasteiger partial charge in [-0.1, -0.05) is 29.8 Å². The second kappa shape index (κ2) is 7.19. The molecule has 0 aliphatic carbocycles. The van der Waals surface area contributed by atoms with Crippen molar-refractivity contribution in [1.82, 2.24) is 19.7 Å². The fraction of sp³-hybridized carbons (Fsp3) is 0.190. The van der Waals surface area contributed by atoms with E-state index < -0.39 is 0 Å². The molecule has 0 amide bonds. The molecule has 0 aliphatic rings. The Balaban J connectivity index is 1.81. The van der Waals surface area contributed by atoms with Crippen LogP contribution in [-0.4, -0.2) is 26.9 Å². The second-order valence-electron chi connectivity index (χ2n) is 6.60. The van der Waals surface area contributed by atoms with Gasteiger partial charge in [-0.25, -0.2) is 9.67 Å². The van der Waals surface area contributed by atoms with E-state index in [0.29, 0.717) is 29.6 Å². The molecule has 3 heterocycles. The maximum Gasteiger partial charge on any atom is 0.224 e. The Hall–Kier alpha value is -3.61. The predicted molar refractivity (Wildman–Crippen MR) is 105 cm³/mol. The van der Waals surface area contributed by atoms with E-state index in [1.54, 1.807) is 4.68 Å². The molecule has 142 valence electrons. The number of aromatic nitrogens is 4. The van der Waals surface area contributed by atoms with E-state index in [4.69, 9.17) is 9.15 Å². The molecule has 0 unspecified atom stereocenters. The molecule has 0 radical (unpaired) electrons. The minimum absolute atomic E-state index is 0.225. The lowest BCUT2D eigenvalue weighted by Crippen LogP contribution is -2.09. The summed E-state index contributed by atoms with van der Waals surface area (Å²) in [5, 5.41) is 4.63. The zero-order chi connectivity index (χ0) is 19.7. The van der Waals surface area contributed by atoms with Crippen molar-refractivity contribution in [2.75, 3.05) is 7.11 Å². The average molecular weight is 376 g/mol. The highest BCUT2D eigenvalue weighted by atomic mass is 16.5. The van der Waals surface area contributed by atoms with Crippen molar-refractivity contribution in [3.05, 3.63) is 75.8 Å². The molecule has 1 N–H and O–H groups in total. The first kappa shape index (κ1) is 17.8. The number of nitrogens with zero attached hydrogens (tertiary/aromatic N) is 3. The number of benzene rings is 1. The van der Waals surface area contributed by atoms with Gasteiger partial charge in [-0.05, 0) is 31.5 Å². The standard InChI is InChI=1S/C21H20N4O3/c1-13-5-4-6-15(9-13)12-25-21(16-10-17(26)19(27-3)11-22-16)23-20(24-25)18-8-7-14(2)28-18/h4-11H,12H2,1-3H3,(H,22,26). The van der Waals surface area contributed by atoms with Gasteiger partial charge in [-0.2, -0.15) is 0 Å². The van der Waals surface area contributed by atoms with Crippen LogP contribution in [0.25, 0.3) is 23.1 Å². The SMILES string of the molecule is COc1c[nH]c(-c2nc(-c3ccc(C)o3)nn2Cc2cccc(C)c2)cc1=O. The smallest absolute Gasteiger partial charge is 0.224 e. The van der Waals surface area contributed by atoms with E-state index in [2.05, 4.69) is 21.1 Å². The number of pyridine rings is 1. The van der Waals surface area contributed by atoms with Gasteiger partial charge in [-0.15, -0.1) is 5.10 Å². The van der Waals surface area contributed by atoms with E-state index >= 15 is 0 Å². The zero-order valence-electron chi connectivity index (χ0n) is 15.9. The maximum absolute atomic E-state index is 12.2. The first-order valence-corrected chi connectivity index (χ1v) is 8.88. The summed E-state index contributed by atoms with van der Waals surface area (Å²) in [5.41, 5.74) is 2.58. The second-order valence-corrected chi connectivity index (χ2v) is 6.60. The van der Waals surface area contributed by atoms with Crippen LogP contribution in [0, 0.1) is 13.8 Å². The first-order chi connectivity index (χ1) is 13.5. The Morgan fingerprint density at radius 1 is 1.18 bits per heavy atom. The van der Waals surface area contributed by atoms with Gasteiger partial charge in [0.15, 0.2) is 17.3 Å². The van der Waals surface area contributed by atoms with Gasteiger partial charge in [0, 0.05) is 12.3 Å². The van der Waals surface area contributed by atoms with Crippen LogP contribution in [0.3, 0.4) is 0 Å². The molecule has 28 heavy (non-hydrogen) atoms. The molecule has 0 fully saturated rings. The number of methoxy groups -OCH3 is 1. The Morgan fingerprint density at radius 2 is 2.04 bits per heavy atom. The van der Waals surface area contributed by atoms with Crippen molar-refractivity contribution in [1.29, 1.82) is 0 Å². The zero-order valence-corrected chi connectivity index (χ0v) is 15.9. The third-order valence-electron chi connectivity index (χ3n) is 4.39. The average Bonchev–Trinajstić information content (AvgIpc) is 3.28. The van der Waals surface area contributed by atoms with Gasteiger partial charge >= 0.3 is 0 Å². The van der Waals surface area contributed by atoms with E-state index in [0.717, 1.165) is 11.3 Å². The highest BCUT2D eigenvalue weighted by Gasteiger charge is 2.17. The number of aromatic amines is 1. The molecule has 1 aromatic carbocycles. The van der Waals surface area contributed by atoms with Crippen LogP contribution >= 0.6 is 0 Å². The summed E-state index contributed by atoms with van der Waals surface area (Å²) in [6, 6.07) is 13.3. The summed E-state index contributed by atoms with van der Waals surface area (Å²) < 4.78 is 12.5.